The Morgan fingerprint density at radius 3 is 2.67 bits per heavy atom. The van der Waals surface area contributed by atoms with Gasteiger partial charge in [-0.25, -0.2) is 0 Å². The van der Waals surface area contributed by atoms with Crippen LogP contribution in [0.4, 0.5) is 0 Å². The summed E-state index contributed by atoms with van der Waals surface area (Å²) in [6.45, 7) is 4.51. The maximum atomic E-state index is 3.47. The third-order valence-corrected chi connectivity index (χ3v) is 2.90. The summed E-state index contributed by atoms with van der Waals surface area (Å²) in [6, 6.07) is 0.603. The summed E-state index contributed by atoms with van der Waals surface area (Å²) in [7, 11) is 2.01. The molecule has 0 aromatic rings. The lowest BCUT2D eigenvalue weighted by Crippen LogP contribution is -2.35. The maximum Gasteiger partial charge on any atom is 0.0161 e. The molecule has 12 heavy (non-hydrogen) atoms. The first-order chi connectivity index (χ1) is 5.83. The fourth-order valence-electron chi connectivity index (χ4n) is 1.51. The van der Waals surface area contributed by atoms with Gasteiger partial charge in [0.15, 0.2) is 0 Å². The van der Waals surface area contributed by atoms with E-state index in [-0.39, 0.29) is 0 Å². The molecule has 1 fully saturated rings. The Morgan fingerprint density at radius 2 is 2.17 bits per heavy atom. The highest BCUT2D eigenvalue weighted by molar-refractivity contribution is 4.71. The normalized spacial score (nSPS) is 20.5. The molecule has 0 aromatic heterocycles. The Kier molecular flexibility index (Phi) is 4.62. The van der Waals surface area contributed by atoms with Gasteiger partial charge >= 0.3 is 0 Å². The molecule has 2 nitrogen and oxygen atoms in total. The van der Waals surface area contributed by atoms with E-state index in [9.17, 15) is 0 Å². The predicted molar refractivity (Wildman–Crippen MR) is 53.3 cm³/mol. The van der Waals surface area contributed by atoms with Crippen LogP contribution in [0.3, 0.4) is 0 Å². The van der Waals surface area contributed by atoms with Crippen LogP contribution >= 0.6 is 0 Å². The molecule has 0 spiro atoms. The van der Waals surface area contributed by atoms with Crippen molar-refractivity contribution in [1.29, 1.82) is 0 Å². The molecule has 1 rings (SSSR count). The monoisotopic (exact) mass is 170 g/mol. The van der Waals surface area contributed by atoms with Crippen LogP contribution in [0, 0.1) is 5.92 Å². The molecule has 0 heterocycles. The smallest absolute Gasteiger partial charge is 0.0161 e. The van der Waals surface area contributed by atoms with Crippen molar-refractivity contribution in [3.05, 3.63) is 0 Å². The van der Waals surface area contributed by atoms with E-state index in [1.54, 1.807) is 0 Å². The Bertz CT molecular complexity index is 104. The number of hydrogen-bond donors (Lipinski definition) is 2. The van der Waals surface area contributed by atoms with Gasteiger partial charge in [0.2, 0.25) is 0 Å². The number of rotatable bonds is 6. The Balaban J connectivity index is 1.82. The van der Waals surface area contributed by atoms with E-state index in [1.165, 1.54) is 32.2 Å². The molecule has 0 bridgehead atoms. The molecule has 1 aliphatic carbocycles. The van der Waals surface area contributed by atoms with E-state index in [1.807, 2.05) is 7.05 Å². The number of likely N-dealkylation sites (N-methyl/N-ethyl adjacent to an activating group) is 1. The SMILES string of the molecule is CNC(C)CNCCC1CCC1. The molecular formula is C10H22N2. The third-order valence-electron chi connectivity index (χ3n) is 2.90. The van der Waals surface area contributed by atoms with Crippen molar-refractivity contribution in [3.8, 4) is 0 Å². The van der Waals surface area contributed by atoms with Gasteiger partial charge in [-0.15, -0.1) is 0 Å². The molecule has 1 saturated carbocycles. The second-order valence-electron chi connectivity index (χ2n) is 3.98. The van der Waals surface area contributed by atoms with Crippen molar-refractivity contribution in [1.82, 2.24) is 10.6 Å². The highest BCUT2D eigenvalue weighted by Crippen LogP contribution is 2.28. The first-order valence-corrected chi connectivity index (χ1v) is 5.21. The van der Waals surface area contributed by atoms with Crippen LogP contribution in [-0.4, -0.2) is 26.2 Å². The Labute approximate surface area is 76.1 Å². The molecule has 1 unspecified atom stereocenters. The first-order valence-electron chi connectivity index (χ1n) is 5.21. The summed E-state index contributed by atoms with van der Waals surface area (Å²) >= 11 is 0. The van der Waals surface area contributed by atoms with Crippen LogP contribution in [0.15, 0.2) is 0 Å². The average molecular weight is 170 g/mol. The van der Waals surface area contributed by atoms with Gasteiger partial charge in [0.1, 0.15) is 0 Å². The van der Waals surface area contributed by atoms with E-state index >= 15 is 0 Å². The minimum absolute atomic E-state index is 0.603. The van der Waals surface area contributed by atoms with Crippen molar-refractivity contribution in [3.63, 3.8) is 0 Å². The van der Waals surface area contributed by atoms with E-state index in [0.29, 0.717) is 6.04 Å². The zero-order chi connectivity index (χ0) is 8.81. The third kappa shape index (κ3) is 3.55. The van der Waals surface area contributed by atoms with Gasteiger partial charge in [0.05, 0.1) is 0 Å². The summed E-state index contributed by atoms with van der Waals surface area (Å²) in [5.74, 6) is 1.04. The van der Waals surface area contributed by atoms with Gasteiger partial charge in [-0.3, -0.25) is 0 Å². The fraction of sp³-hybridized carbons (Fsp3) is 1.00. The van der Waals surface area contributed by atoms with Crippen molar-refractivity contribution in [2.45, 2.75) is 38.6 Å². The van der Waals surface area contributed by atoms with Crippen LogP contribution < -0.4 is 10.6 Å². The molecule has 0 aliphatic heterocycles. The van der Waals surface area contributed by atoms with Crippen LogP contribution in [0.1, 0.15) is 32.6 Å². The van der Waals surface area contributed by atoms with E-state index in [0.717, 1.165) is 12.5 Å². The van der Waals surface area contributed by atoms with Gasteiger partial charge < -0.3 is 10.6 Å². The zero-order valence-corrected chi connectivity index (χ0v) is 8.40. The molecular weight excluding hydrogens is 148 g/mol. The summed E-state index contributed by atoms with van der Waals surface area (Å²) < 4.78 is 0. The van der Waals surface area contributed by atoms with Crippen LogP contribution in [-0.2, 0) is 0 Å². The van der Waals surface area contributed by atoms with Gasteiger partial charge in [-0.2, -0.15) is 0 Å². The standard InChI is InChI=1S/C10H22N2/c1-9(11-2)8-12-7-6-10-4-3-5-10/h9-12H,3-8H2,1-2H3. The zero-order valence-electron chi connectivity index (χ0n) is 8.40. The lowest BCUT2D eigenvalue weighted by molar-refractivity contribution is 0.291. The molecule has 1 atom stereocenters. The van der Waals surface area contributed by atoms with E-state index in [4.69, 9.17) is 0 Å². The van der Waals surface area contributed by atoms with Crippen molar-refractivity contribution < 1.29 is 0 Å². The molecule has 1 aliphatic rings. The summed E-state index contributed by atoms with van der Waals surface area (Å²) in [5, 5.41) is 6.69. The van der Waals surface area contributed by atoms with Gasteiger partial charge in [-0.05, 0) is 32.9 Å². The first kappa shape index (κ1) is 10.0. The lowest BCUT2D eigenvalue weighted by atomic mass is 9.83. The Morgan fingerprint density at radius 1 is 1.42 bits per heavy atom. The lowest BCUT2D eigenvalue weighted by Gasteiger charge is -2.25. The molecule has 0 amide bonds. The van der Waals surface area contributed by atoms with Gasteiger partial charge in [-0.1, -0.05) is 19.3 Å². The van der Waals surface area contributed by atoms with Gasteiger partial charge in [0.25, 0.3) is 0 Å². The fourth-order valence-corrected chi connectivity index (χ4v) is 1.51. The quantitative estimate of drug-likeness (QED) is 0.588. The van der Waals surface area contributed by atoms with Crippen molar-refractivity contribution in [2.24, 2.45) is 5.92 Å². The van der Waals surface area contributed by atoms with Crippen LogP contribution in [0.2, 0.25) is 0 Å². The number of hydrogen-bond acceptors (Lipinski definition) is 2. The highest BCUT2D eigenvalue weighted by Gasteiger charge is 2.16. The average Bonchev–Trinajstić information content (AvgIpc) is 2.00. The van der Waals surface area contributed by atoms with Crippen molar-refractivity contribution >= 4 is 0 Å². The second kappa shape index (κ2) is 5.55. The van der Waals surface area contributed by atoms with Crippen molar-refractivity contribution in [2.75, 3.05) is 20.1 Å². The van der Waals surface area contributed by atoms with Crippen LogP contribution in [0.5, 0.6) is 0 Å². The predicted octanol–water partition coefficient (Wildman–Crippen LogP) is 1.37. The minimum Gasteiger partial charge on any atom is -0.316 e. The maximum absolute atomic E-state index is 3.47. The molecule has 72 valence electrons. The summed E-state index contributed by atoms with van der Waals surface area (Å²) in [6.07, 6.45) is 5.81. The summed E-state index contributed by atoms with van der Waals surface area (Å²) in [5.41, 5.74) is 0. The Hall–Kier alpha value is -0.0800. The van der Waals surface area contributed by atoms with E-state index < -0.39 is 0 Å². The topological polar surface area (TPSA) is 24.1 Å². The minimum atomic E-state index is 0.603. The molecule has 0 radical (unpaired) electrons. The van der Waals surface area contributed by atoms with Gasteiger partial charge in [0, 0.05) is 12.6 Å². The highest BCUT2D eigenvalue weighted by atomic mass is 14.9. The summed E-state index contributed by atoms with van der Waals surface area (Å²) in [4.78, 5) is 0. The second-order valence-corrected chi connectivity index (χ2v) is 3.98. The van der Waals surface area contributed by atoms with Crippen LogP contribution in [0.25, 0.3) is 0 Å². The number of nitrogens with one attached hydrogen (secondary N) is 2. The molecule has 2 heteroatoms. The molecule has 0 saturated heterocycles. The largest absolute Gasteiger partial charge is 0.316 e. The molecule has 0 aromatic carbocycles. The van der Waals surface area contributed by atoms with E-state index in [2.05, 4.69) is 17.6 Å². The molecule has 2 N–H and O–H groups in total.